The maximum atomic E-state index is 11.8. The first-order valence-corrected chi connectivity index (χ1v) is 7.59. The summed E-state index contributed by atoms with van der Waals surface area (Å²) in [6.07, 6.45) is 1.55. The molecular formula is C17H29ClN2O. The number of nitrogens with one attached hydrogen (secondary N) is 2. The topological polar surface area (TPSA) is 41.1 Å². The van der Waals surface area contributed by atoms with E-state index < -0.39 is 0 Å². The normalized spacial score (nSPS) is 11.9. The molecule has 21 heavy (non-hydrogen) atoms. The molecule has 0 unspecified atom stereocenters. The van der Waals surface area contributed by atoms with Crippen molar-refractivity contribution in [3.8, 4) is 0 Å². The molecule has 0 heterocycles. The van der Waals surface area contributed by atoms with Gasteiger partial charge < -0.3 is 10.6 Å². The predicted molar refractivity (Wildman–Crippen MR) is 92.1 cm³/mol. The Morgan fingerprint density at radius 3 is 2.19 bits per heavy atom. The van der Waals surface area contributed by atoms with Crippen LogP contribution in [0.4, 0.5) is 0 Å². The Bertz CT molecular complexity index is 404. The van der Waals surface area contributed by atoms with E-state index in [1.807, 2.05) is 0 Å². The second-order valence-electron chi connectivity index (χ2n) is 5.85. The van der Waals surface area contributed by atoms with E-state index in [2.05, 4.69) is 62.6 Å². The van der Waals surface area contributed by atoms with Gasteiger partial charge in [0.1, 0.15) is 0 Å². The van der Waals surface area contributed by atoms with Crippen molar-refractivity contribution in [1.82, 2.24) is 10.6 Å². The molecule has 0 aromatic heterocycles. The monoisotopic (exact) mass is 312 g/mol. The second-order valence-corrected chi connectivity index (χ2v) is 5.85. The van der Waals surface area contributed by atoms with Gasteiger partial charge in [-0.1, -0.05) is 45.0 Å². The second kappa shape index (κ2) is 10.6. The van der Waals surface area contributed by atoms with Crippen molar-refractivity contribution < 1.29 is 4.79 Å². The Morgan fingerprint density at radius 1 is 1.10 bits per heavy atom. The van der Waals surface area contributed by atoms with Gasteiger partial charge in [-0.2, -0.15) is 0 Å². The lowest BCUT2D eigenvalue weighted by Gasteiger charge is -2.13. The number of likely N-dealkylation sites (N-methyl/N-ethyl adjacent to an activating group) is 1. The molecule has 1 amide bonds. The molecule has 0 saturated heterocycles. The number of halogens is 1. The first kappa shape index (κ1) is 19.9. The van der Waals surface area contributed by atoms with Crippen LogP contribution in [-0.4, -0.2) is 25.0 Å². The number of benzene rings is 1. The molecule has 0 aliphatic heterocycles. The van der Waals surface area contributed by atoms with Crippen molar-refractivity contribution in [2.24, 2.45) is 5.92 Å². The lowest BCUT2D eigenvalue weighted by molar-refractivity contribution is -0.120. The fourth-order valence-electron chi connectivity index (χ4n) is 2.20. The van der Waals surface area contributed by atoms with Gasteiger partial charge in [-0.3, -0.25) is 4.79 Å². The third kappa shape index (κ3) is 8.74. The molecule has 2 N–H and O–H groups in total. The molecule has 0 spiro atoms. The zero-order chi connectivity index (χ0) is 15.0. The fourth-order valence-corrected chi connectivity index (χ4v) is 2.20. The zero-order valence-electron chi connectivity index (χ0n) is 13.6. The summed E-state index contributed by atoms with van der Waals surface area (Å²) in [5.41, 5.74) is 2.41. The summed E-state index contributed by atoms with van der Waals surface area (Å²) >= 11 is 0. The van der Waals surface area contributed by atoms with Crippen molar-refractivity contribution in [3.05, 3.63) is 35.4 Å². The average molecular weight is 313 g/mol. The molecule has 0 aliphatic carbocycles. The SMILES string of the molecule is CCN[C@H](C)CNC(=O)Cc1ccc(CC(C)C)cc1.Cl. The minimum Gasteiger partial charge on any atom is -0.354 e. The molecule has 0 radical (unpaired) electrons. The van der Waals surface area contributed by atoms with E-state index in [1.54, 1.807) is 0 Å². The van der Waals surface area contributed by atoms with Gasteiger partial charge >= 0.3 is 0 Å². The van der Waals surface area contributed by atoms with E-state index in [0.717, 1.165) is 18.5 Å². The highest BCUT2D eigenvalue weighted by molar-refractivity contribution is 5.85. The van der Waals surface area contributed by atoms with Gasteiger partial charge in [0.05, 0.1) is 6.42 Å². The Labute approximate surface area is 135 Å². The van der Waals surface area contributed by atoms with Gasteiger partial charge in [-0.05, 0) is 36.9 Å². The standard InChI is InChI=1S/C17H28N2O.ClH/c1-5-18-14(4)12-19-17(20)11-16-8-6-15(7-9-16)10-13(2)3;/h6-9,13-14,18H,5,10-12H2,1-4H3,(H,19,20);1H/t14-;/m1./s1. The first-order chi connectivity index (χ1) is 9.51. The zero-order valence-corrected chi connectivity index (χ0v) is 14.4. The summed E-state index contributed by atoms with van der Waals surface area (Å²) in [5.74, 6) is 0.753. The quantitative estimate of drug-likeness (QED) is 0.775. The van der Waals surface area contributed by atoms with Crippen LogP contribution in [0.15, 0.2) is 24.3 Å². The lowest BCUT2D eigenvalue weighted by Crippen LogP contribution is -2.39. The minimum absolute atomic E-state index is 0. The molecule has 0 saturated carbocycles. The molecule has 1 aromatic rings. The minimum atomic E-state index is 0. The van der Waals surface area contributed by atoms with Crippen LogP contribution in [0.1, 0.15) is 38.8 Å². The van der Waals surface area contributed by atoms with Crippen molar-refractivity contribution in [3.63, 3.8) is 0 Å². The average Bonchev–Trinajstić information content (AvgIpc) is 2.38. The summed E-state index contributed by atoms with van der Waals surface area (Å²) in [6.45, 7) is 10.2. The molecule has 3 nitrogen and oxygen atoms in total. The van der Waals surface area contributed by atoms with Gasteiger partial charge in [0.2, 0.25) is 5.91 Å². The van der Waals surface area contributed by atoms with Crippen molar-refractivity contribution in [2.45, 2.75) is 46.6 Å². The largest absolute Gasteiger partial charge is 0.354 e. The molecule has 0 fully saturated rings. The van der Waals surface area contributed by atoms with E-state index in [4.69, 9.17) is 0 Å². The molecule has 0 bridgehead atoms. The summed E-state index contributed by atoms with van der Waals surface area (Å²) in [5, 5.41) is 6.24. The van der Waals surface area contributed by atoms with Crippen molar-refractivity contribution in [2.75, 3.05) is 13.1 Å². The smallest absolute Gasteiger partial charge is 0.224 e. The lowest BCUT2D eigenvalue weighted by atomic mass is 10.0. The first-order valence-electron chi connectivity index (χ1n) is 7.59. The Hall–Kier alpha value is -1.06. The number of carbonyl (C=O) groups excluding carboxylic acids is 1. The van der Waals surface area contributed by atoms with Gasteiger partial charge in [0.25, 0.3) is 0 Å². The summed E-state index contributed by atoms with van der Waals surface area (Å²) < 4.78 is 0. The van der Waals surface area contributed by atoms with Crippen molar-refractivity contribution in [1.29, 1.82) is 0 Å². The van der Waals surface area contributed by atoms with Crippen LogP contribution in [-0.2, 0) is 17.6 Å². The highest BCUT2D eigenvalue weighted by Crippen LogP contribution is 2.10. The molecule has 0 aliphatic rings. The van der Waals surface area contributed by atoms with Gasteiger partial charge in [0.15, 0.2) is 0 Å². The van der Waals surface area contributed by atoms with Gasteiger partial charge in [0, 0.05) is 12.6 Å². The number of carbonyl (C=O) groups is 1. The Kier molecular flexibility index (Phi) is 10.1. The van der Waals surface area contributed by atoms with Crippen LogP contribution in [0.25, 0.3) is 0 Å². The summed E-state index contributed by atoms with van der Waals surface area (Å²) in [4.78, 5) is 11.8. The highest BCUT2D eigenvalue weighted by atomic mass is 35.5. The van der Waals surface area contributed by atoms with E-state index in [0.29, 0.717) is 24.9 Å². The molecule has 120 valence electrons. The van der Waals surface area contributed by atoms with E-state index in [9.17, 15) is 4.79 Å². The van der Waals surface area contributed by atoms with Crippen LogP contribution in [0, 0.1) is 5.92 Å². The summed E-state index contributed by atoms with van der Waals surface area (Å²) in [7, 11) is 0. The third-order valence-corrected chi connectivity index (χ3v) is 3.19. The number of hydrogen-bond acceptors (Lipinski definition) is 2. The maximum absolute atomic E-state index is 11.8. The van der Waals surface area contributed by atoms with E-state index in [-0.39, 0.29) is 18.3 Å². The third-order valence-electron chi connectivity index (χ3n) is 3.19. The summed E-state index contributed by atoms with van der Waals surface area (Å²) in [6, 6.07) is 8.70. The molecule has 1 aromatic carbocycles. The van der Waals surface area contributed by atoms with Crippen LogP contribution < -0.4 is 10.6 Å². The Balaban J connectivity index is 0.00000400. The highest BCUT2D eigenvalue weighted by Gasteiger charge is 2.06. The molecular weight excluding hydrogens is 284 g/mol. The number of rotatable bonds is 8. The van der Waals surface area contributed by atoms with E-state index >= 15 is 0 Å². The number of hydrogen-bond donors (Lipinski definition) is 2. The van der Waals surface area contributed by atoms with Crippen LogP contribution in [0.3, 0.4) is 0 Å². The van der Waals surface area contributed by atoms with Crippen LogP contribution in [0.2, 0.25) is 0 Å². The molecule has 1 rings (SSSR count). The van der Waals surface area contributed by atoms with E-state index in [1.165, 1.54) is 5.56 Å². The Morgan fingerprint density at radius 2 is 1.67 bits per heavy atom. The van der Waals surface area contributed by atoms with Crippen LogP contribution in [0.5, 0.6) is 0 Å². The van der Waals surface area contributed by atoms with Crippen LogP contribution >= 0.6 is 12.4 Å². The number of amides is 1. The van der Waals surface area contributed by atoms with Gasteiger partial charge in [-0.25, -0.2) is 0 Å². The predicted octanol–water partition coefficient (Wildman–Crippen LogP) is 2.96. The fraction of sp³-hybridized carbons (Fsp3) is 0.588. The van der Waals surface area contributed by atoms with Crippen molar-refractivity contribution >= 4 is 18.3 Å². The molecule has 4 heteroatoms. The van der Waals surface area contributed by atoms with Gasteiger partial charge in [-0.15, -0.1) is 12.4 Å². The molecule has 1 atom stereocenters. The maximum Gasteiger partial charge on any atom is 0.224 e.